The van der Waals surface area contributed by atoms with Crippen molar-refractivity contribution in [2.24, 2.45) is 5.92 Å². The maximum absolute atomic E-state index is 13.2. The van der Waals surface area contributed by atoms with E-state index in [0.29, 0.717) is 0 Å². The third-order valence-corrected chi connectivity index (χ3v) is 6.62. The molecule has 0 aromatic heterocycles. The number of amides is 1. The number of ether oxygens (including phenoxy) is 1. The van der Waals surface area contributed by atoms with E-state index >= 15 is 0 Å². The lowest BCUT2D eigenvalue weighted by Crippen LogP contribution is -2.54. The molecule has 140 valence electrons. The predicted molar refractivity (Wildman–Crippen MR) is 97.8 cm³/mol. The minimum Gasteiger partial charge on any atom is -0.378 e. The Morgan fingerprint density at radius 2 is 1.96 bits per heavy atom. The molecule has 3 saturated heterocycles. The number of piperidine rings is 1. The first-order valence-electron chi connectivity index (χ1n) is 9.79. The second-order valence-electron chi connectivity index (χ2n) is 7.97. The lowest BCUT2D eigenvalue weighted by atomic mass is 9.78. The molecule has 0 spiro atoms. The van der Waals surface area contributed by atoms with E-state index in [0.717, 1.165) is 45.7 Å². The molecule has 26 heavy (non-hydrogen) atoms. The van der Waals surface area contributed by atoms with Gasteiger partial charge in [-0.25, -0.2) is 0 Å². The Morgan fingerprint density at radius 3 is 2.77 bits per heavy atom. The number of anilines is 1. The van der Waals surface area contributed by atoms with E-state index in [-0.39, 0.29) is 30.0 Å². The van der Waals surface area contributed by atoms with Crippen molar-refractivity contribution in [1.29, 1.82) is 0 Å². The first-order chi connectivity index (χ1) is 12.6. The van der Waals surface area contributed by atoms with E-state index in [9.17, 15) is 4.79 Å². The molecule has 1 aromatic carbocycles. The summed E-state index contributed by atoms with van der Waals surface area (Å²) in [6.45, 7) is 6.29. The molecule has 0 unspecified atom stereocenters. The summed E-state index contributed by atoms with van der Waals surface area (Å²) in [7, 11) is 1.97. The zero-order valence-electron chi connectivity index (χ0n) is 15.6. The Morgan fingerprint density at radius 1 is 1.15 bits per heavy atom. The van der Waals surface area contributed by atoms with Crippen molar-refractivity contribution in [2.45, 2.75) is 38.0 Å². The molecular formula is C20H27N3O3. The van der Waals surface area contributed by atoms with Gasteiger partial charge < -0.3 is 14.5 Å². The number of fused-ring (bicyclic) bond motifs is 4. The van der Waals surface area contributed by atoms with Crippen LogP contribution in [0.25, 0.3) is 0 Å². The smallest absolute Gasteiger partial charge is 0.230 e. The van der Waals surface area contributed by atoms with E-state index in [2.05, 4.69) is 28.0 Å². The summed E-state index contributed by atoms with van der Waals surface area (Å²) < 4.78 is 5.49. The molecule has 6 heteroatoms. The third kappa shape index (κ3) is 2.47. The van der Waals surface area contributed by atoms with Gasteiger partial charge in [0.25, 0.3) is 0 Å². The Labute approximate surface area is 154 Å². The Hall–Kier alpha value is -1.63. The number of hydrogen-bond acceptors (Lipinski definition) is 5. The van der Waals surface area contributed by atoms with E-state index in [4.69, 9.17) is 9.57 Å². The van der Waals surface area contributed by atoms with Gasteiger partial charge >= 0.3 is 0 Å². The predicted octanol–water partition coefficient (Wildman–Crippen LogP) is 1.60. The fraction of sp³-hybridized carbons (Fsp3) is 0.650. The third-order valence-electron chi connectivity index (χ3n) is 6.62. The van der Waals surface area contributed by atoms with Crippen molar-refractivity contribution >= 4 is 11.6 Å². The number of rotatable bonds is 1. The molecule has 0 radical (unpaired) electrons. The highest BCUT2D eigenvalue weighted by Gasteiger charge is 2.52. The first-order valence-corrected chi connectivity index (χ1v) is 9.79. The minimum atomic E-state index is -0.0282. The van der Waals surface area contributed by atoms with Crippen LogP contribution in [0.3, 0.4) is 0 Å². The number of hydroxylamine groups is 2. The molecule has 5 rings (SSSR count). The quantitative estimate of drug-likeness (QED) is 0.764. The highest BCUT2D eigenvalue weighted by molar-refractivity contribution is 5.82. The summed E-state index contributed by atoms with van der Waals surface area (Å²) in [5.74, 6) is 0.241. The van der Waals surface area contributed by atoms with Crippen molar-refractivity contribution in [1.82, 2.24) is 9.96 Å². The van der Waals surface area contributed by atoms with Crippen molar-refractivity contribution < 1.29 is 14.4 Å². The molecule has 0 bridgehead atoms. The molecule has 3 fully saturated rings. The van der Waals surface area contributed by atoms with Crippen LogP contribution < -0.4 is 4.90 Å². The second kappa shape index (κ2) is 6.22. The monoisotopic (exact) mass is 357 g/mol. The van der Waals surface area contributed by atoms with Gasteiger partial charge in [0.05, 0.1) is 37.3 Å². The summed E-state index contributed by atoms with van der Waals surface area (Å²) in [5, 5.41) is 1.92. The van der Waals surface area contributed by atoms with Gasteiger partial charge in [-0.15, -0.1) is 0 Å². The van der Waals surface area contributed by atoms with Crippen LogP contribution >= 0.6 is 0 Å². The SMILES string of the molecule is C[C@@H]1ON(C)[C@H]2C[C@H]3c4cc(N5CCOCC5)ccc4CCN3C(=O)[C@@H]12. The van der Waals surface area contributed by atoms with Gasteiger partial charge in [0, 0.05) is 32.4 Å². The zero-order valence-corrected chi connectivity index (χ0v) is 15.6. The summed E-state index contributed by atoms with van der Waals surface area (Å²) >= 11 is 0. The van der Waals surface area contributed by atoms with Crippen molar-refractivity contribution in [3.8, 4) is 0 Å². The Bertz CT molecular complexity index is 718. The van der Waals surface area contributed by atoms with Crippen LogP contribution in [0.2, 0.25) is 0 Å². The summed E-state index contributed by atoms with van der Waals surface area (Å²) in [6, 6.07) is 7.18. The summed E-state index contributed by atoms with van der Waals surface area (Å²) in [6.07, 6.45) is 1.87. The van der Waals surface area contributed by atoms with E-state index in [1.807, 2.05) is 19.0 Å². The standard InChI is InChI=1S/C20H27N3O3/c1-13-19-18(21(2)26-13)12-17-16-11-15(22-7-9-25-10-8-22)4-3-14(16)5-6-23(17)20(19)24/h3-4,11,13,17-19H,5-10,12H2,1-2H3/t13-,17-,18-,19-/m0/s1. The topological polar surface area (TPSA) is 45.2 Å². The largest absolute Gasteiger partial charge is 0.378 e. The molecule has 1 aromatic rings. The first kappa shape index (κ1) is 16.5. The van der Waals surface area contributed by atoms with E-state index in [1.54, 1.807) is 0 Å². The Kier molecular flexibility index (Phi) is 3.95. The second-order valence-corrected chi connectivity index (χ2v) is 7.97. The fourth-order valence-corrected chi connectivity index (χ4v) is 5.25. The van der Waals surface area contributed by atoms with Crippen LogP contribution in [0.15, 0.2) is 18.2 Å². The highest BCUT2D eigenvalue weighted by atomic mass is 16.7. The number of benzene rings is 1. The van der Waals surface area contributed by atoms with Crippen LogP contribution in [-0.4, -0.2) is 67.9 Å². The van der Waals surface area contributed by atoms with Gasteiger partial charge in [0.15, 0.2) is 0 Å². The fourth-order valence-electron chi connectivity index (χ4n) is 5.25. The number of hydrogen-bond donors (Lipinski definition) is 0. The average molecular weight is 357 g/mol. The Balaban J connectivity index is 1.49. The average Bonchev–Trinajstić information content (AvgIpc) is 2.96. The highest BCUT2D eigenvalue weighted by Crippen LogP contribution is 2.45. The van der Waals surface area contributed by atoms with E-state index in [1.165, 1.54) is 16.8 Å². The molecular weight excluding hydrogens is 330 g/mol. The van der Waals surface area contributed by atoms with Gasteiger partial charge in [0.1, 0.15) is 0 Å². The minimum absolute atomic E-state index is 0.0276. The molecule has 0 saturated carbocycles. The normalized spacial score (nSPS) is 34.5. The van der Waals surface area contributed by atoms with Gasteiger partial charge in [-0.3, -0.25) is 9.63 Å². The molecule has 4 heterocycles. The van der Waals surface area contributed by atoms with Crippen molar-refractivity contribution in [2.75, 3.05) is 44.8 Å². The number of morpholine rings is 1. The lowest BCUT2D eigenvalue weighted by molar-refractivity contribution is -0.145. The molecule has 0 aliphatic carbocycles. The lowest BCUT2D eigenvalue weighted by Gasteiger charge is -2.45. The number of nitrogens with zero attached hydrogens (tertiary/aromatic N) is 3. The number of carbonyl (C=O) groups excluding carboxylic acids is 1. The van der Waals surface area contributed by atoms with Gasteiger partial charge in [-0.1, -0.05) is 6.07 Å². The van der Waals surface area contributed by atoms with Crippen LogP contribution in [0.4, 0.5) is 5.69 Å². The molecule has 4 aliphatic heterocycles. The van der Waals surface area contributed by atoms with Crippen molar-refractivity contribution in [3.05, 3.63) is 29.3 Å². The zero-order chi connectivity index (χ0) is 17.8. The van der Waals surface area contributed by atoms with Gasteiger partial charge in [-0.2, -0.15) is 5.06 Å². The summed E-state index contributed by atoms with van der Waals surface area (Å²) in [5.41, 5.74) is 3.98. The van der Waals surface area contributed by atoms with E-state index < -0.39 is 0 Å². The summed E-state index contributed by atoms with van der Waals surface area (Å²) in [4.78, 5) is 23.5. The maximum atomic E-state index is 13.2. The molecule has 4 aliphatic rings. The van der Waals surface area contributed by atoms with Crippen LogP contribution in [0, 0.1) is 5.92 Å². The van der Waals surface area contributed by atoms with Crippen LogP contribution in [0.5, 0.6) is 0 Å². The van der Waals surface area contributed by atoms with Crippen LogP contribution in [0.1, 0.15) is 30.5 Å². The molecule has 0 N–H and O–H groups in total. The molecule has 1 amide bonds. The molecule has 6 nitrogen and oxygen atoms in total. The van der Waals surface area contributed by atoms with Gasteiger partial charge in [-0.05, 0) is 43.0 Å². The van der Waals surface area contributed by atoms with Crippen molar-refractivity contribution in [3.63, 3.8) is 0 Å². The van der Waals surface area contributed by atoms with Gasteiger partial charge in [0.2, 0.25) is 5.91 Å². The maximum Gasteiger partial charge on any atom is 0.230 e. The molecule has 4 atom stereocenters. The number of carbonyl (C=O) groups is 1. The van der Waals surface area contributed by atoms with Crippen LogP contribution in [-0.2, 0) is 20.8 Å².